The van der Waals surface area contributed by atoms with Crippen LogP contribution >= 0.6 is 0 Å². The van der Waals surface area contributed by atoms with Crippen molar-refractivity contribution < 1.29 is 0 Å². The van der Waals surface area contributed by atoms with E-state index in [-0.39, 0.29) is 0 Å². The van der Waals surface area contributed by atoms with Crippen LogP contribution in [0.25, 0.3) is 0 Å². The summed E-state index contributed by atoms with van der Waals surface area (Å²) in [6.07, 6.45) is 14.1. The number of allylic oxidation sites excluding steroid dienone is 3. The van der Waals surface area contributed by atoms with Crippen molar-refractivity contribution in [3.63, 3.8) is 0 Å². The first-order chi connectivity index (χ1) is 5.77. The molecule has 67 valence electrons. The highest BCUT2D eigenvalue weighted by Gasteiger charge is 2.22. The Bertz CT molecular complexity index is 167. The Balaban J connectivity index is 2.13. The maximum absolute atomic E-state index is 5.32. The van der Waals surface area contributed by atoms with Crippen molar-refractivity contribution in [1.29, 1.82) is 0 Å². The lowest BCUT2D eigenvalue weighted by molar-refractivity contribution is 0.368. The molecule has 1 atom stereocenters. The number of hydrogen-bond donors (Lipinski definition) is 0. The standard InChI is InChI=1S/C12H19/c1-3-4-5-6-9-12(2)10-7-8-11-12/h1,3,7,10H,4-6,8-9,11H2,2H3. The van der Waals surface area contributed by atoms with Gasteiger partial charge in [0.05, 0.1) is 0 Å². The Kier molecular flexibility index (Phi) is 3.58. The van der Waals surface area contributed by atoms with Crippen LogP contribution in [0.4, 0.5) is 0 Å². The molecule has 1 unspecified atom stereocenters. The number of rotatable bonds is 5. The van der Waals surface area contributed by atoms with E-state index in [9.17, 15) is 0 Å². The molecule has 0 heteroatoms. The van der Waals surface area contributed by atoms with Gasteiger partial charge in [-0.2, -0.15) is 0 Å². The monoisotopic (exact) mass is 163 g/mol. The van der Waals surface area contributed by atoms with E-state index in [1.54, 1.807) is 6.08 Å². The minimum absolute atomic E-state index is 0.509. The van der Waals surface area contributed by atoms with E-state index < -0.39 is 0 Å². The summed E-state index contributed by atoms with van der Waals surface area (Å²) in [5.74, 6) is 0. The Morgan fingerprint density at radius 2 is 2.33 bits per heavy atom. The molecule has 0 aromatic rings. The number of hydrogen-bond acceptors (Lipinski definition) is 0. The van der Waals surface area contributed by atoms with E-state index in [1.807, 2.05) is 0 Å². The van der Waals surface area contributed by atoms with Crippen molar-refractivity contribution in [1.82, 2.24) is 0 Å². The highest BCUT2D eigenvalue weighted by molar-refractivity contribution is 5.04. The second-order valence-electron chi connectivity index (χ2n) is 4.08. The van der Waals surface area contributed by atoms with Gasteiger partial charge in [-0.15, -0.1) is 0 Å². The third-order valence-electron chi connectivity index (χ3n) is 2.77. The maximum Gasteiger partial charge on any atom is -0.0144 e. The van der Waals surface area contributed by atoms with Crippen molar-refractivity contribution in [2.45, 2.75) is 45.4 Å². The molecule has 0 bridgehead atoms. The van der Waals surface area contributed by atoms with Crippen molar-refractivity contribution >= 4 is 0 Å². The quantitative estimate of drug-likeness (QED) is 0.426. The summed E-state index contributed by atoms with van der Waals surface area (Å²) in [4.78, 5) is 0. The molecule has 1 radical (unpaired) electrons. The van der Waals surface area contributed by atoms with Crippen LogP contribution in [-0.2, 0) is 0 Å². The van der Waals surface area contributed by atoms with E-state index in [0.29, 0.717) is 5.41 Å². The molecule has 0 nitrogen and oxygen atoms in total. The van der Waals surface area contributed by atoms with Crippen molar-refractivity contribution in [3.8, 4) is 0 Å². The summed E-state index contributed by atoms with van der Waals surface area (Å²) < 4.78 is 0. The van der Waals surface area contributed by atoms with Crippen LogP contribution in [0.1, 0.15) is 45.4 Å². The molecule has 1 rings (SSSR count). The summed E-state index contributed by atoms with van der Waals surface area (Å²) in [6, 6.07) is 0. The summed E-state index contributed by atoms with van der Waals surface area (Å²) in [5, 5.41) is 0. The normalized spacial score (nSPS) is 27.8. The fraction of sp³-hybridized carbons (Fsp3) is 0.667. The van der Waals surface area contributed by atoms with Gasteiger partial charge < -0.3 is 0 Å². The minimum Gasteiger partial charge on any atom is -0.0880 e. The predicted octanol–water partition coefficient (Wildman–Crippen LogP) is 3.89. The van der Waals surface area contributed by atoms with E-state index in [0.717, 1.165) is 6.42 Å². The van der Waals surface area contributed by atoms with Gasteiger partial charge in [-0.1, -0.05) is 38.2 Å². The summed E-state index contributed by atoms with van der Waals surface area (Å²) in [5.41, 5.74) is 0.509. The molecule has 0 aromatic heterocycles. The van der Waals surface area contributed by atoms with Crippen LogP contribution in [0, 0.1) is 12.0 Å². The summed E-state index contributed by atoms with van der Waals surface area (Å²) in [7, 11) is 0. The smallest absolute Gasteiger partial charge is 0.0144 e. The molecule has 0 heterocycles. The zero-order valence-corrected chi connectivity index (χ0v) is 8.05. The van der Waals surface area contributed by atoms with Gasteiger partial charge in [-0.25, -0.2) is 0 Å². The van der Waals surface area contributed by atoms with Crippen molar-refractivity contribution in [3.05, 3.63) is 24.8 Å². The highest BCUT2D eigenvalue weighted by Crippen LogP contribution is 2.36. The zero-order chi connectivity index (χ0) is 8.86. The van der Waals surface area contributed by atoms with Gasteiger partial charge in [-0.3, -0.25) is 0 Å². The first-order valence-corrected chi connectivity index (χ1v) is 4.98. The molecular weight excluding hydrogens is 144 g/mol. The molecular formula is C12H19. The van der Waals surface area contributed by atoms with Gasteiger partial charge in [0.15, 0.2) is 0 Å². The fourth-order valence-electron chi connectivity index (χ4n) is 1.86. The molecule has 0 aromatic carbocycles. The first-order valence-electron chi connectivity index (χ1n) is 4.98. The molecule has 0 N–H and O–H groups in total. The van der Waals surface area contributed by atoms with Crippen LogP contribution in [0.5, 0.6) is 0 Å². The Hall–Kier alpha value is -0.520. The Morgan fingerprint density at radius 3 is 2.92 bits per heavy atom. The molecule has 1 aliphatic rings. The van der Waals surface area contributed by atoms with Gasteiger partial charge in [0.25, 0.3) is 0 Å². The third kappa shape index (κ3) is 2.84. The Labute approximate surface area is 76.4 Å². The van der Waals surface area contributed by atoms with E-state index in [1.165, 1.54) is 32.1 Å². The van der Waals surface area contributed by atoms with Gasteiger partial charge in [0.2, 0.25) is 0 Å². The lowest BCUT2D eigenvalue weighted by Gasteiger charge is -2.21. The van der Waals surface area contributed by atoms with Crippen LogP contribution in [0.15, 0.2) is 18.2 Å². The average molecular weight is 163 g/mol. The highest BCUT2D eigenvalue weighted by atomic mass is 14.3. The summed E-state index contributed by atoms with van der Waals surface area (Å²) >= 11 is 0. The Morgan fingerprint density at radius 1 is 1.50 bits per heavy atom. The van der Waals surface area contributed by atoms with Crippen LogP contribution in [0.2, 0.25) is 0 Å². The number of unbranched alkanes of at least 4 members (excludes halogenated alkanes) is 2. The molecule has 0 amide bonds. The van der Waals surface area contributed by atoms with Crippen molar-refractivity contribution in [2.75, 3.05) is 0 Å². The van der Waals surface area contributed by atoms with Gasteiger partial charge in [-0.05, 0) is 37.5 Å². The fourth-order valence-corrected chi connectivity index (χ4v) is 1.86. The molecule has 0 aliphatic heterocycles. The van der Waals surface area contributed by atoms with Gasteiger partial charge >= 0.3 is 0 Å². The molecule has 0 fully saturated rings. The maximum atomic E-state index is 5.32. The third-order valence-corrected chi connectivity index (χ3v) is 2.77. The van der Waals surface area contributed by atoms with E-state index in [2.05, 4.69) is 19.1 Å². The second kappa shape index (κ2) is 4.49. The zero-order valence-electron chi connectivity index (χ0n) is 8.05. The molecule has 1 aliphatic carbocycles. The molecule has 12 heavy (non-hydrogen) atoms. The van der Waals surface area contributed by atoms with E-state index >= 15 is 0 Å². The molecule has 0 spiro atoms. The van der Waals surface area contributed by atoms with Crippen LogP contribution in [-0.4, -0.2) is 0 Å². The van der Waals surface area contributed by atoms with Crippen LogP contribution < -0.4 is 0 Å². The van der Waals surface area contributed by atoms with E-state index in [4.69, 9.17) is 6.58 Å². The average Bonchev–Trinajstić information content (AvgIpc) is 2.47. The molecule has 0 saturated carbocycles. The van der Waals surface area contributed by atoms with Crippen molar-refractivity contribution in [2.24, 2.45) is 5.41 Å². The lowest BCUT2D eigenvalue weighted by Crippen LogP contribution is -2.08. The van der Waals surface area contributed by atoms with Gasteiger partial charge in [0.1, 0.15) is 0 Å². The minimum atomic E-state index is 0.509. The predicted molar refractivity (Wildman–Crippen MR) is 53.8 cm³/mol. The summed E-state index contributed by atoms with van der Waals surface area (Å²) in [6.45, 7) is 7.68. The second-order valence-corrected chi connectivity index (χ2v) is 4.08. The SMILES string of the molecule is [CH]=CCCCCC1(C)C=CCC1. The van der Waals surface area contributed by atoms with Gasteiger partial charge in [0, 0.05) is 0 Å². The topological polar surface area (TPSA) is 0 Å². The molecule has 0 saturated heterocycles. The largest absolute Gasteiger partial charge is 0.0880 e. The van der Waals surface area contributed by atoms with Crippen LogP contribution in [0.3, 0.4) is 0 Å². The first kappa shape index (κ1) is 9.57. The lowest BCUT2D eigenvalue weighted by atomic mass is 9.84.